The number of carbonyl (C=O) groups excluding carboxylic acids is 3. The van der Waals surface area contributed by atoms with Crippen molar-refractivity contribution in [3.8, 4) is 0 Å². The van der Waals surface area contributed by atoms with Gasteiger partial charge in [0, 0.05) is 19.8 Å². The first-order chi connectivity index (χ1) is 19.5. The van der Waals surface area contributed by atoms with Crippen LogP contribution in [0, 0.1) is 0 Å². The molecule has 234 valence electrons. The van der Waals surface area contributed by atoms with E-state index in [9.17, 15) is 14.4 Å². The van der Waals surface area contributed by atoms with Crippen LogP contribution in [0.1, 0.15) is 44.6 Å². The van der Waals surface area contributed by atoms with Crippen LogP contribution >= 0.6 is 0 Å². The minimum atomic E-state index is -1.37. The molecular formula is C22H36N4O15. The van der Waals surface area contributed by atoms with E-state index in [4.69, 9.17) is 45.5 Å². The zero-order valence-electron chi connectivity index (χ0n) is 22.2. The molecule has 0 saturated heterocycles. The molecule has 1 aromatic rings. The summed E-state index contributed by atoms with van der Waals surface area (Å²) in [7, 11) is 0. The van der Waals surface area contributed by atoms with Gasteiger partial charge in [-0.15, -0.1) is 0 Å². The fraction of sp³-hybridized carbons (Fsp3) is 0.591. The van der Waals surface area contributed by atoms with Crippen molar-refractivity contribution >= 4 is 18.0 Å². The number of amides is 1. The normalized spacial score (nSPS) is 13.6. The predicted octanol–water partition coefficient (Wildman–Crippen LogP) is 1.11. The van der Waals surface area contributed by atoms with Crippen molar-refractivity contribution in [3.05, 3.63) is 35.9 Å². The van der Waals surface area contributed by atoms with E-state index in [1.165, 1.54) is 6.92 Å². The molecule has 1 amide bonds. The van der Waals surface area contributed by atoms with E-state index in [0.29, 0.717) is 6.42 Å². The fourth-order valence-corrected chi connectivity index (χ4v) is 3.21. The van der Waals surface area contributed by atoms with Gasteiger partial charge in [0.1, 0.15) is 18.8 Å². The Balaban J connectivity index is 2.49. The van der Waals surface area contributed by atoms with Crippen molar-refractivity contribution in [3.63, 3.8) is 0 Å². The number of ether oxygens (including phenoxy) is 3. The number of hydrogen-bond acceptors (Lipinski definition) is 18. The van der Waals surface area contributed by atoms with E-state index in [-0.39, 0.29) is 45.3 Å². The molecular weight excluding hydrogens is 560 g/mol. The summed E-state index contributed by atoms with van der Waals surface area (Å²) in [6.45, 7) is 0.543. The number of nitrogens with zero attached hydrogens (tertiary/aromatic N) is 3. The van der Waals surface area contributed by atoms with Gasteiger partial charge in [0.05, 0.1) is 29.4 Å². The van der Waals surface area contributed by atoms with Gasteiger partial charge >= 0.3 is 12.1 Å². The number of nitrogens with one attached hydrogen (secondary N) is 1. The molecule has 0 fully saturated rings. The topological polar surface area (TPSA) is 250 Å². The SMILES string of the molecule is CC(OC(=O)OCCCCC(CON(O)O)ON(O)O)OC(=O)C(Cc1ccccc1)NC(=O)CCCON(O)O. The third-order valence-electron chi connectivity index (χ3n) is 4.96. The number of hydrogen-bond donors (Lipinski definition) is 7. The largest absolute Gasteiger partial charge is 0.511 e. The maximum Gasteiger partial charge on any atom is 0.511 e. The van der Waals surface area contributed by atoms with Gasteiger partial charge in [0.25, 0.3) is 0 Å². The second kappa shape index (κ2) is 20.8. The van der Waals surface area contributed by atoms with Crippen LogP contribution in [0.25, 0.3) is 0 Å². The van der Waals surface area contributed by atoms with Crippen LogP contribution in [-0.4, -0.2) is 104 Å². The molecule has 41 heavy (non-hydrogen) atoms. The minimum absolute atomic E-state index is 0.0782. The van der Waals surface area contributed by atoms with E-state index in [1.807, 2.05) is 0 Å². The monoisotopic (exact) mass is 596 g/mol. The fourth-order valence-electron chi connectivity index (χ4n) is 3.21. The molecule has 0 aliphatic heterocycles. The third kappa shape index (κ3) is 18.8. The number of rotatable bonds is 21. The zero-order chi connectivity index (χ0) is 30.6. The van der Waals surface area contributed by atoms with E-state index < -0.39 is 59.2 Å². The first-order valence-corrected chi connectivity index (χ1v) is 12.3. The molecule has 0 radical (unpaired) electrons. The van der Waals surface area contributed by atoms with Crippen LogP contribution in [0.4, 0.5) is 4.79 Å². The Morgan fingerprint density at radius 1 is 0.854 bits per heavy atom. The second-order valence-electron chi connectivity index (χ2n) is 8.24. The van der Waals surface area contributed by atoms with E-state index in [2.05, 4.69) is 19.8 Å². The quantitative estimate of drug-likeness (QED) is 0.0454. The second-order valence-corrected chi connectivity index (χ2v) is 8.24. The lowest BCUT2D eigenvalue weighted by atomic mass is 10.1. The molecule has 7 N–H and O–H groups in total. The highest BCUT2D eigenvalue weighted by Crippen LogP contribution is 2.10. The number of unbranched alkanes of at least 4 members (excludes halogenated alkanes) is 1. The lowest BCUT2D eigenvalue weighted by molar-refractivity contribution is -0.527. The highest BCUT2D eigenvalue weighted by atomic mass is 17.1. The smallest absolute Gasteiger partial charge is 0.434 e. The summed E-state index contributed by atoms with van der Waals surface area (Å²) in [5.74, 6) is -1.41. The molecule has 0 bridgehead atoms. The predicted molar refractivity (Wildman–Crippen MR) is 126 cm³/mol. The van der Waals surface area contributed by atoms with Crippen LogP contribution in [0.3, 0.4) is 0 Å². The molecule has 19 heteroatoms. The summed E-state index contributed by atoms with van der Waals surface area (Å²) in [4.78, 5) is 50.3. The number of esters is 1. The lowest BCUT2D eigenvalue weighted by Crippen LogP contribution is -2.44. The highest BCUT2D eigenvalue weighted by Gasteiger charge is 2.26. The minimum Gasteiger partial charge on any atom is -0.434 e. The molecule has 3 atom stereocenters. The van der Waals surface area contributed by atoms with Crippen LogP contribution in [0.2, 0.25) is 0 Å². The van der Waals surface area contributed by atoms with Gasteiger partial charge in [-0.05, 0) is 31.2 Å². The molecule has 1 aromatic carbocycles. The van der Waals surface area contributed by atoms with Gasteiger partial charge in [-0.1, -0.05) is 30.3 Å². The highest BCUT2D eigenvalue weighted by molar-refractivity contribution is 5.84. The molecule has 19 nitrogen and oxygen atoms in total. The van der Waals surface area contributed by atoms with Crippen LogP contribution in [0.15, 0.2) is 30.3 Å². The van der Waals surface area contributed by atoms with Crippen molar-refractivity contribution in [1.82, 2.24) is 21.5 Å². The summed E-state index contributed by atoms with van der Waals surface area (Å²) >= 11 is 0. The maximum absolute atomic E-state index is 12.8. The molecule has 3 unspecified atom stereocenters. The molecule has 0 aliphatic rings. The maximum atomic E-state index is 12.8. The van der Waals surface area contributed by atoms with E-state index in [0.717, 1.165) is 5.56 Å². The van der Waals surface area contributed by atoms with Crippen LogP contribution in [-0.2, 0) is 44.7 Å². The standard InChI is InChI=1S/C22H36N4O15/c1-16(40-22(29)36-12-6-5-10-18(41-26(34)35)15-38-25(32)33)39-21(28)19(14-17-8-3-2-4-9-17)23-20(27)11-7-13-37-24(30)31/h2-4,8-9,16,18-19,30-35H,5-7,10-15H2,1H3,(H,23,27). The summed E-state index contributed by atoms with van der Waals surface area (Å²) in [6, 6.07) is 7.64. The number of carbonyl (C=O) groups is 3. The average Bonchev–Trinajstić information content (AvgIpc) is 2.89. The first kappa shape index (κ1) is 36.0. The first-order valence-electron chi connectivity index (χ1n) is 12.3. The van der Waals surface area contributed by atoms with E-state index >= 15 is 0 Å². The van der Waals surface area contributed by atoms with Gasteiger partial charge in [-0.25, -0.2) is 19.3 Å². The van der Waals surface area contributed by atoms with Gasteiger partial charge < -0.3 is 19.5 Å². The summed E-state index contributed by atoms with van der Waals surface area (Å²) in [6.07, 6.45) is -2.65. The third-order valence-corrected chi connectivity index (χ3v) is 4.96. The van der Waals surface area contributed by atoms with Crippen molar-refractivity contribution in [2.24, 2.45) is 0 Å². The summed E-state index contributed by atoms with van der Waals surface area (Å²) in [5.41, 5.74) is 0.720. The summed E-state index contributed by atoms with van der Waals surface area (Å²) < 4.78 is 15.0. The van der Waals surface area contributed by atoms with Crippen LogP contribution < -0.4 is 5.32 Å². The molecule has 0 aliphatic carbocycles. The van der Waals surface area contributed by atoms with Gasteiger partial charge in [-0.2, -0.15) is 0 Å². The summed E-state index contributed by atoms with van der Waals surface area (Å²) in [5, 5.41) is 52.5. The van der Waals surface area contributed by atoms with Crippen LogP contribution in [0.5, 0.6) is 0 Å². The van der Waals surface area contributed by atoms with Gasteiger partial charge in [0.2, 0.25) is 12.2 Å². The Morgan fingerprint density at radius 2 is 1.54 bits per heavy atom. The van der Waals surface area contributed by atoms with Gasteiger partial charge in [0.15, 0.2) is 0 Å². The zero-order valence-corrected chi connectivity index (χ0v) is 22.2. The van der Waals surface area contributed by atoms with Crippen molar-refractivity contribution in [1.29, 1.82) is 0 Å². The molecule has 0 spiro atoms. The molecule has 0 heterocycles. The lowest BCUT2D eigenvalue weighted by Gasteiger charge is -2.21. The Kier molecular flexibility index (Phi) is 18.2. The molecule has 0 saturated carbocycles. The Bertz CT molecular complexity index is 878. The Morgan fingerprint density at radius 3 is 2.17 bits per heavy atom. The Hall–Kier alpha value is -3.05. The van der Waals surface area contributed by atoms with Crippen molar-refractivity contribution in [2.75, 3.05) is 19.8 Å². The average molecular weight is 597 g/mol. The Labute approximate surface area is 234 Å². The molecule has 1 rings (SSSR count). The van der Waals surface area contributed by atoms with Crippen molar-refractivity contribution < 1.29 is 74.4 Å². The number of benzene rings is 1. The van der Waals surface area contributed by atoms with Gasteiger partial charge in [-0.3, -0.25) is 40.9 Å². The molecule has 0 aromatic heterocycles. The van der Waals surface area contributed by atoms with E-state index in [1.54, 1.807) is 30.3 Å². The van der Waals surface area contributed by atoms with Crippen molar-refractivity contribution in [2.45, 2.75) is 63.9 Å².